The predicted molar refractivity (Wildman–Crippen MR) is 60.2 cm³/mol. The van der Waals surface area contributed by atoms with Gasteiger partial charge >= 0.3 is 0 Å². The van der Waals surface area contributed by atoms with Crippen LogP contribution in [-0.4, -0.2) is 16.6 Å². The molecule has 0 bridgehead atoms. The Labute approximate surface area is 88.5 Å². The smallest absolute Gasteiger partial charge is 0.0997 e. The van der Waals surface area contributed by atoms with Crippen molar-refractivity contribution in [1.82, 2.24) is 0 Å². The van der Waals surface area contributed by atoms with Gasteiger partial charge in [0.15, 0.2) is 0 Å². The summed E-state index contributed by atoms with van der Waals surface area (Å²) in [6.45, 7) is 0.503. The lowest BCUT2D eigenvalue weighted by Crippen LogP contribution is -2.27. The maximum absolute atomic E-state index is 10.4. The highest BCUT2D eigenvalue weighted by molar-refractivity contribution is 7.99. The molecule has 14 heavy (non-hydrogen) atoms. The summed E-state index contributed by atoms with van der Waals surface area (Å²) >= 11 is 1.80. The minimum Gasteiger partial charge on any atom is -0.384 e. The van der Waals surface area contributed by atoms with Crippen LogP contribution in [0.25, 0.3) is 0 Å². The van der Waals surface area contributed by atoms with Gasteiger partial charge < -0.3 is 10.8 Å². The van der Waals surface area contributed by atoms with Crippen LogP contribution in [0.1, 0.15) is 17.5 Å². The van der Waals surface area contributed by atoms with E-state index < -0.39 is 5.60 Å². The molecule has 0 amide bonds. The topological polar surface area (TPSA) is 46.2 Å². The fourth-order valence-corrected chi connectivity index (χ4v) is 3.18. The van der Waals surface area contributed by atoms with E-state index in [2.05, 4.69) is 0 Å². The lowest BCUT2D eigenvalue weighted by molar-refractivity contribution is 0.0648. The second-order valence-electron chi connectivity index (χ2n) is 3.70. The van der Waals surface area contributed by atoms with Crippen LogP contribution in [0.3, 0.4) is 0 Å². The molecule has 1 aromatic rings. The Morgan fingerprint density at radius 2 is 2.21 bits per heavy atom. The lowest BCUT2D eigenvalue weighted by Gasteiger charge is -2.24. The molecule has 1 fully saturated rings. The number of rotatable bonds is 2. The van der Waals surface area contributed by atoms with Gasteiger partial charge in [0, 0.05) is 12.3 Å². The number of thioether (sulfide) groups is 1. The predicted octanol–water partition coefficient (Wildman–Crippen LogP) is 1.47. The Morgan fingerprint density at radius 3 is 2.86 bits per heavy atom. The number of nitrogens with two attached hydrogens (primary N) is 1. The summed E-state index contributed by atoms with van der Waals surface area (Å²) in [4.78, 5) is 0. The summed E-state index contributed by atoms with van der Waals surface area (Å²) in [6.07, 6.45) is 0.842. The third kappa shape index (κ3) is 1.67. The molecule has 0 saturated carbocycles. The van der Waals surface area contributed by atoms with Gasteiger partial charge in [-0.2, -0.15) is 11.8 Å². The van der Waals surface area contributed by atoms with Gasteiger partial charge in [-0.1, -0.05) is 24.3 Å². The van der Waals surface area contributed by atoms with Crippen molar-refractivity contribution in [3.05, 3.63) is 35.4 Å². The fourth-order valence-electron chi connectivity index (χ4n) is 1.92. The van der Waals surface area contributed by atoms with E-state index in [9.17, 15) is 5.11 Å². The number of hydrogen-bond acceptors (Lipinski definition) is 3. The zero-order valence-electron chi connectivity index (χ0n) is 8.07. The maximum atomic E-state index is 10.4. The summed E-state index contributed by atoms with van der Waals surface area (Å²) < 4.78 is 0. The first-order valence-corrected chi connectivity index (χ1v) is 6.00. The molecule has 1 unspecified atom stereocenters. The molecule has 0 spiro atoms. The van der Waals surface area contributed by atoms with Crippen LogP contribution in [0.5, 0.6) is 0 Å². The molecule has 0 radical (unpaired) electrons. The molecule has 1 saturated heterocycles. The van der Waals surface area contributed by atoms with Crippen molar-refractivity contribution >= 4 is 11.8 Å². The largest absolute Gasteiger partial charge is 0.384 e. The van der Waals surface area contributed by atoms with E-state index in [1.807, 2.05) is 24.3 Å². The first-order chi connectivity index (χ1) is 6.76. The number of aliphatic hydroxyl groups is 1. The van der Waals surface area contributed by atoms with Gasteiger partial charge in [-0.15, -0.1) is 0 Å². The molecule has 1 atom stereocenters. The highest BCUT2D eigenvalue weighted by Gasteiger charge is 2.34. The van der Waals surface area contributed by atoms with Gasteiger partial charge in [-0.3, -0.25) is 0 Å². The molecule has 2 nitrogen and oxygen atoms in total. The van der Waals surface area contributed by atoms with Gasteiger partial charge in [0.25, 0.3) is 0 Å². The molecule has 2 rings (SSSR count). The fraction of sp³-hybridized carbons (Fsp3) is 0.455. The number of benzene rings is 1. The highest BCUT2D eigenvalue weighted by atomic mass is 32.2. The van der Waals surface area contributed by atoms with Gasteiger partial charge in [-0.25, -0.2) is 0 Å². The van der Waals surface area contributed by atoms with Crippen molar-refractivity contribution in [2.45, 2.75) is 18.6 Å². The van der Waals surface area contributed by atoms with Crippen molar-refractivity contribution in [2.75, 3.05) is 11.5 Å². The summed E-state index contributed by atoms with van der Waals surface area (Å²) in [5.74, 6) is 1.83. The molecule has 1 aliphatic rings. The Balaban J connectivity index is 2.39. The summed E-state index contributed by atoms with van der Waals surface area (Å²) in [5, 5.41) is 10.4. The van der Waals surface area contributed by atoms with Crippen molar-refractivity contribution in [3.8, 4) is 0 Å². The Kier molecular flexibility index (Phi) is 2.81. The van der Waals surface area contributed by atoms with E-state index in [1.54, 1.807) is 11.8 Å². The normalized spacial score (nSPS) is 26.7. The zero-order valence-corrected chi connectivity index (χ0v) is 8.89. The van der Waals surface area contributed by atoms with E-state index in [0.29, 0.717) is 6.54 Å². The van der Waals surface area contributed by atoms with Crippen molar-refractivity contribution < 1.29 is 5.11 Å². The third-order valence-electron chi connectivity index (χ3n) is 2.74. The Bertz CT molecular complexity index is 321. The van der Waals surface area contributed by atoms with E-state index in [1.165, 1.54) is 0 Å². The first kappa shape index (κ1) is 10.0. The first-order valence-electron chi connectivity index (χ1n) is 4.85. The maximum Gasteiger partial charge on any atom is 0.0997 e. The SMILES string of the molecule is NCc1ccccc1C1(O)CCSC1. The van der Waals surface area contributed by atoms with Gasteiger partial charge in [0.2, 0.25) is 0 Å². The molecular formula is C11H15NOS. The minimum atomic E-state index is -0.638. The zero-order chi connectivity index (χ0) is 10.0. The average Bonchev–Trinajstić information content (AvgIpc) is 2.66. The van der Waals surface area contributed by atoms with Crippen LogP contribution in [-0.2, 0) is 12.1 Å². The molecule has 0 aromatic heterocycles. The van der Waals surface area contributed by atoms with Gasteiger partial charge in [0.05, 0.1) is 5.60 Å². The lowest BCUT2D eigenvalue weighted by atomic mass is 9.89. The Morgan fingerprint density at radius 1 is 1.43 bits per heavy atom. The van der Waals surface area contributed by atoms with Crippen LogP contribution >= 0.6 is 11.8 Å². The van der Waals surface area contributed by atoms with Crippen LogP contribution in [0.4, 0.5) is 0 Å². The third-order valence-corrected chi connectivity index (χ3v) is 3.91. The second-order valence-corrected chi connectivity index (χ2v) is 4.80. The van der Waals surface area contributed by atoms with Crippen LogP contribution in [0.15, 0.2) is 24.3 Å². The van der Waals surface area contributed by atoms with Crippen molar-refractivity contribution in [3.63, 3.8) is 0 Å². The van der Waals surface area contributed by atoms with Crippen LogP contribution in [0, 0.1) is 0 Å². The Hall–Kier alpha value is -0.510. The standard InChI is InChI=1S/C11H15NOS/c12-7-9-3-1-2-4-10(9)11(13)5-6-14-8-11/h1-4,13H,5-8,12H2. The van der Waals surface area contributed by atoms with E-state index >= 15 is 0 Å². The summed E-state index contributed by atoms with van der Waals surface area (Å²) in [6, 6.07) is 7.93. The van der Waals surface area contributed by atoms with E-state index in [-0.39, 0.29) is 0 Å². The van der Waals surface area contributed by atoms with Crippen molar-refractivity contribution in [2.24, 2.45) is 5.73 Å². The molecule has 3 N–H and O–H groups in total. The second kappa shape index (κ2) is 3.93. The van der Waals surface area contributed by atoms with E-state index in [0.717, 1.165) is 29.1 Å². The molecule has 1 heterocycles. The quantitative estimate of drug-likeness (QED) is 0.775. The van der Waals surface area contributed by atoms with Crippen molar-refractivity contribution in [1.29, 1.82) is 0 Å². The number of hydrogen-bond donors (Lipinski definition) is 2. The molecule has 0 aliphatic carbocycles. The monoisotopic (exact) mass is 209 g/mol. The minimum absolute atomic E-state index is 0.503. The highest BCUT2D eigenvalue weighted by Crippen LogP contribution is 2.37. The molecule has 3 heteroatoms. The summed E-state index contributed by atoms with van der Waals surface area (Å²) in [5.41, 5.74) is 7.11. The van der Waals surface area contributed by atoms with Gasteiger partial charge in [0.1, 0.15) is 0 Å². The van der Waals surface area contributed by atoms with Gasteiger partial charge in [-0.05, 0) is 23.3 Å². The van der Waals surface area contributed by atoms with Crippen LogP contribution in [0.2, 0.25) is 0 Å². The summed E-state index contributed by atoms with van der Waals surface area (Å²) in [7, 11) is 0. The molecule has 76 valence electrons. The molecular weight excluding hydrogens is 194 g/mol. The molecule has 1 aliphatic heterocycles. The average molecular weight is 209 g/mol. The molecule has 1 aromatic carbocycles. The van der Waals surface area contributed by atoms with Crippen LogP contribution < -0.4 is 5.73 Å². The van der Waals surface area contributed by atoms with E-state index in [4.69, 9.17) is 5.73 Å².